The van der Waals surface area contributed by atoms with E-state index in [1.165, 1.54) is 16.7 Å². The number of aliphatic imine (C=N–C) groups is 1. The fraction of sp³-hybridized carbons (Fsp3) is 0.455. The highest BCUT2D eigenvalue weighted by Crippen LogP contribution is 2.31. The Bertz CT molecular complexity index is 2860. The van der Waals surface area contributed by atoms with Crippen LogP contribution in [0.1, 0.15) is 99.5 Å². The lowest BCUT2D eigenvalue weighted by Gasteiger charge is -2.43. The number of fused-ring (bicyclic) bond motifs is 5. The van der Waals surface area contributed by atoms with E-state index >= 15 is 14.4 Å². The lowest BCUT2D eigenvalue weighted by Crippen LogP contribution is -2.63. The van der Waals surface area contributed by atoms with Gasteiger partial charge >= 0.3 is 0 Å². The molecule has 1 fully saturated rings. The highest BCUT2D eigenvalue weighted by atomic mass is 16.2. The van der Waals surface area contributed by atoms with Crippen LogP contribution in [0.5, 0.6) is 0 Å². The molecule has 0 unspecified atom stereocenters. The van der Waals surface area contributed by atoms with Crippen molar-refractivity contribution in [3.8, 4) is 0 Å². The number of benzene rings is 3. The fourth-order valence-electron chi connectivity index (χ4n) is 10.3. The zero-order valence-corrected chi connectivity index (χ0v) is 43.6. The van der Waals surface area contributed by atoms with Crippen LogP contribution in [-0.4, -0.2) is 129 Å². The second-order valence-corrected chi connectivity index (χ2v) is 20.0. The van der Waals surface area contributed by atoms with Gasteiger partial charge in [-0.2, -0.15) is 0 Å². The molecule has 1 aromatic heterocycles. The molecule has 3 aliphatic rings. The minimum atomic E-state index is -1.52. The maximum absolute atomic E-state index is 15.6. The van der Waals surface area contributed by atoms with Crippen molar-refractivity contribution in [3.05, 3.63) is 107 Å². The van der Waals surface area contributed by atoms with E-state index in [2.05, 4.69) is 41.9 Å². The molecular formula is C55H71N13O9. The molecule has 0 radical (unpaired) electrons. The van der Waals surface area contributed by atoms with E-state index in [0.29, 0.717) is 24.8 Å². The summed E-state index contributed by atoms with van der Waals surface area (Å²) in [5, 5.41) is 17.5. The van der Waals surface area contributed by atoms with Crippen LogP contribution in [0.4, 0.5) is 0 Å². The summed E-state index contributed by atoms with van der Waals surface area (Å²) in [5.41, 5.74) is 21.6. The van der Waals surface area contributed by atoms with Gasteiger partial charge in [-0.15, -0.1) is 0 Å². The van der Waals surface area contributed by atoms with Gasteiger partial charge in [0, 0.05) is 69.5 Å². The Morgan fingerprint density at radius 2 is 1.35 bits per heavy atom. The molecule has 9 amide bonds. The van der Waals surface area contributed by atoms with Crippen molar-refractivity contribution in [1.29, 1.82) is 0 Å². The minimum absolute atomic E-state index is 0.0142. The number of guanidine groups is 1. The van der Waals surface area contributed by atoms with Crippen LogP contribution in [0.3, 0.4) is 0 Å². The van der Waals surface area contributed by atoms with Gasteiger partial charge < -0.3 is 63.9 Å². The van der Waals surface area contributed by atoms with Crippen LogP contribution in [0, 0.1) is 0 Å². The average molecular weight is 1060 g/mol. The first-order valence-corrected chi connectivity index (χ1v) is 26.4. The number of nitrogens with two attached hydrogens (primary N) is 3. The molecule has 22 nitrogen and oxygen atoms in total. The molecule has 0 saturated carbocycles. The van der Waals surface area contributed by atoms with E-state index in [9.17, 15) is 28.8 Å². The number of para-hydroxylation sites is 1. The molecule has 4 aromatic rings. The van der Waals surface area contributed by atoms with Gasteiger partial charge in [0.1, 0.15) is 42.3 Å². The number of unbranched alkanes of at least 4 members (excludes halogenated alkanes) is 1. The monoisotopic (exact) mass is 1060 g/mol. The molecule has 7 atom stereocenters. The molecule has 410 valence electrons. The Hall–Kier alpha value is -8.30. The molecule has 0 aliphatic carbocycles. The number of hydrogen-bond donors (Lipinski definition) is 10. The lowest BCUT2D eigenvalue weighted by atomic mass is 9.89. The maximum Gasteiger partial charge on any atom is 0.246 e. The van der Waals surface area contributed by atoms with Crippen LogP contribution in [0.25, 0.3) is 10.9 Å². The number of carbonyl (C=O) groups is 9. The summed E-state index contributed by atoms with van der Waals surface area (Å²) in [4.78, 5) is 138. The Morgan fingerprint density at radius 3 is 2.01 bits per heavy atom. The van der Waals surface area contributed by atoms with Crippen molar-refractivity contribution in [2.45, 2.75) is 146 Å². The first-order valence-electron chi connectivity index (χ1n) is 26.4. The molecule has 0 spiro atoms. The normalized spacial score (nSPS) is 22.3. The fourth-order valence-corrected chi connectivity index (χ4v) is 10.3. The number of hydrogen-bond acceptors (Lipinski definition) is 10. The zero-order valence-electron chi connectivity index (χ0n) is 43.6. The van der Waals surface area contributed by atoms with Crippen LogP contribution < -0.4 is 49.1 Å². The van der Waals surface area contributed by atoms with Gasteiger partial charge in [-0.05, 0) is 72.4 Å². The van der Waals surface area contributed by atoms with Gasteiger partial charge in [-0.3, -0.25) is 48.1 Å². The second kappa shape index (κ2) is 26.5. The Labute approximate surface area is 446 Å². The van der Waals surface area contributed by atoms with Gasteiger partial charge in [-0.1, -0.05) is 86.5 Å². The number of rotatable bonds is 13. The first kappa shape index (κ1) is 56.4. The van der Waals surface area contributed by atoms with Crippen molar-refractivity contribution in [3.63, 3.8) is 0 Å². The number of primary amides is 1. The summed E-state index contributed by atoms with van der Waals surface area (Å²) in [6, 6.07) is 13.2. The van der Waals surface area contributed by atoms with Crippen LogP contribution in [0.15, 0.2) is 84.0 Å². The molecule has 22 heteroatoms. The van der Waals surface area contributed by atoms with E-state index in [4.69, 9.17) is 17.2 Å². The number of nitrogens with one attached hydrogen (secondary N) is 7. The maximum atomic E-state index is 15.6. The van der Waals surface area contributed by atoms with Crippen molar-refractivity contribution < 1.29 is 43.2 Å². The predicted molar refractivity (Wildman–Crippen MR) is 286 cm³/mol. The predicted octanol–water partition coefficient (Wildman–Crippen LogP) is 0.481. The molecule has 7 rings (SSSR count). The highest BCUT2D eigenvalue weighted by molar-refractivity contribution is 5.99. The standard InChI is InChI=1S/C55H71N13O9/c1-3-4-19-41(62-32(2)69)49(72)66-44-28-47(70)59-23-12-11-21-40(48(56)71)63-51(74)43(25-37-29-61-39-20-10-9-18-38(37)39)65-50(73)42(22-13-24-60-55(57)58)64-52(75)45-26-33-14-5-7-16-35(33)30-67(45)54(77)46-27-34-15-6-8-17-36(34)31-68(46)53(44)76/h5-10,14-18,20,29,40-46,61H,3-4,11-13,19,21-28,30-31H2,1-2H3,(H2,56,71)(H,59,70)(H,62,69)(H,63,74)(H,64,75)(H,65,73)(H,66,72)(H4,57,58,60)/t40-,41-,42-,43-,44-,45+,46-/m0/s1. The summed E-state index contributed by atoms with van der Waals surface area (Å²) < 4.78 is 0. The summed E-state index contributed by atoms with van der Waals surface area (Å²) >= 11 is 0. The smallest absolute Gasteiger partial charge is 0.246 e. The van der Waals surface area contributed by atoms with E-state index in [1.807, 2.05) is 73.7 Å². The Balaban J connectivity index is 1.29. The van der Waals surface area contributed by atoms with Crippen molar-refractivity contribution in [2.24, 2.45) is 22.2 Å². The summed E-state index contributed by atoms with van der Waals surface area (Å²) in [5.74, 6) is -6.30. The van der Waals surface area contributed by atoms with E-state index in [0.717, 1.165) is 33.2 Å². The number of amides is 9. The largest absolute Gasteiger partial charge is 0.370 e. The molecule has 4 heterocycles. The third-order valence-electron chi connectivity index (χ3n) is 14.4. The van der Waals surface area contributed by atoms with Crippen molar-refractivity contribution >= 4 is 70.0 Å². The lowest BCUT2D eigenvalue weighted by molar-refractivity contribution is -0.153. The number of aromatic amines is 1. The molecule has 77 heavy (non-hydrogen) atoms. The summed E-state index contributed by atoms with van der Waals surface area (Å²) in [6.45, 7) is 3.22. The SMILES string of the molecule is CCCC[C@H](NC(C)=O)C(=O)N[C@H]1CC(=O)NCCCC[C@@H](C(N)=O)NC(=O)[C@H](Cc2c[nH]c3ccccc23)NC(=O)[C@H](CCCN=C(N)N)NC(=O)[C@H]2Cc3ccccc3CN2C(=O)[C@@H]2Cc3ccccc3CN2C1=O. The van der Waals surface area contributed by atoms with E-state index in [-0.39, 0.29) is 83.5 Å². The molecule has 3 aromatic carbocycles. The number of aromatic nitrogens is 1. The van der Waals surface area contributed by atoms with Gasteiger partial charge in [-0.25, -0.2) is 0 Å². The molecular weight excluding hydrogens is 987 g/mol. The zero-order chi connectivity index (χ0) is 55.2. The van der Waals surface area contributed by atoms with E-state index in [1.54, 1.807) is 12.3 Å². The molecule has 3 aliphatic heterocycles. The Morgan fingerprint density at radius 1 is 0.727 bits per heavy atom. The molecule has 13 N–H and O–H groups in total. The number of carbonyl (C=O) groups excluding carboxylic acids is 9. The van der Waals surface area contributed by atoms with Crippen LogP contribution >= 0.6 is 0 Å². The number of H-pyrrole nitrogens is 1. The second-order valence-electron chi connectivity index (χ2n) is 20.0. The topological polar surface area (TPSA) is 338 Å². The van der Waals surface area contributed by atoms with Gasteiger partial charge in [0.05, 0.1) is 6.42 Å². The van der Waals surface area contributed by atoms with Crippen LogP contribution in [-0.2, 0) is 75.5 Å². The van der Waals surface area contributed by atoms with Gasteiger partial charge in [0.15, 0.2) is 5.96 Å². The summed E-state index contributed by atoms with van der Waals surface area (Å²) in [7, 11) is 0. The number of nitrogens with zero attached hydrogens (tertiary/aromatic N) is 3. The molecule has 0 bridgehead atoms. The van der Waals surface area contributed by atoms with Crippen molar-refractivity contribution in [1.82, 2.24) is 46.7 Å². The minimum Gasteiger partial charge on any atom is -0.370 e. The van der Waals surface area contributed by atoms with Gasteiger partial charge in [0.25, 0.3) is 0 Å². The van der Waals surface area contributed by atoms with Gasteiger partial charge in [0.2, 0.25) is 53.2 Å². The third-order valence-corrected chi connectivity index (χ3v) is 14.4. The Kier molecular flexibility index (Phi) is 19.4. The quantitative estimate of drug-likeness (QED) is 0.0499. The first-order chi connectivity index (χ1) is 37.0. The average Bonchev–Trinajstić information content (AvgIpc) is 3.82. The van der Waals surface area contributed by atoms with Crippen LogP contribution in [0.2, 0.25) is 0 Å². The van der Waals surface area contributed by atoms with Crippen molar-refractivity contribution in [2.75, 3.05) is 13.1 Å². The van der Waals surface area contributed by atoms with E-state index < -0.39 is 102 Å². The highest BCUT2D eigenvalue weighted by Gasteiger charge is 2.45. The third kappa shape index (κ3) is 14.8. The molecule has 1 saturated heterocycles. The summed E-state index contributed by atoms with van der Waals surface area (Å²) in [6.07, 6.45) is 3.54.